The Morgan fingerprint density at radius 2 is 2.12 bits per heavy atom. The van der Waals surface area contributed by atoms with Crippen molar-refractivity contribution in [2.75, 3.05) is 19.6 Å². The van der Waals surface area contributed by atoms with Gasteiger partial charge in [0.2, 0.25) is 0 Å². The molecule has 1 heterocycles. The molecule has 0 amide bonds. The molecule has 2 unspecified atom stereocenters. The number of rotatable bonds is 4. The minimum atomic E-state index is -0.594. The summed E-state index contributed by atoms with van der Waals surface area (Å²) in [7, 11) is 0. The van der Waals surface area contributed by atoms with Gasteiger partial charge in [0.25, 0.3) is 0 Å². The summed E-state index contributed by atoms with van der Waals surface area (Å²) in [5.41, 5.74) is 6.37. The zero-order valence-electron chi connectivity index (χ0n) is 10.5. The molecule has 0 radical (unpaired) electrons. The number of β-amino-alcohol motifs (C(OH)–C–C–N with tert-alkyl or cyclic N) is 1. The Bertz CT molecular complexity index is 354. The summed E-state index contributed by atoms with van der Waals surface area (Å²) >= 11 is 0. The van der Waals surface area contributed by atoms with Gasteiger partial charge in [-0.1, -0.05) is 37.3 Å². The molecule has 1 saturated heterocycles. The Labute approximate surface area is 103 Å². The Morgan fingerprint density at radius 1 is 1.41 bits per heavy atom. The van der Waals surface area contributed by atoms with Gasteiger partial charge in [-0.05, 0) is 24.4 Å². The second kappa shape index (κ2) is 5.17. The second-order valence-corrected chi connectivity index (χ2v) is 5.19. The highest BCUT2D eigenvalue weighted by Crippen LogP contribution is 2.29. The van der Waals surface area contributed by atoms with Crippen molar-refractivity contribution in [3.63, 3.8) is 0 Å². The predicted molar refractivity (Wildman–Crippen MR) is 69.5 cm³/mol. The first kappa shape index (κ1) is 12.6. The van der Waals surface area contributed by atoms with Crippen LogP contribution in [0.25, 0.3) is 0 Å². The van der Waals surface area contributed by atoms with Gasteiger partial charge < -0.3 is 10.8 Å². The maximum atomic E-state index is 10.5. The van der Waals surface area contributed by atoms with Crippen molar-refractivity contribution in [2.24, 2.45) is 11.7 Å². The number of nitrogens with zero attached hydrogens (tertiary/aromatic N) is 1. The molecule has 94 valence electrons. The van der Waals surface area contributed by atoms with E-state index in [0.29, 0.717) is 6.54 Å². The summed E-state index contributed by atoms with van der Waals surface area (Å²) in [6.45, 7) is 5.19. The molecule has 1 fully saturated rings. The number of benzene rings is 1. The third kappa shape index (κ3) is 2.86. The lowest BCUT2D eigenvalue weighted by atomic mass is 9.88. The quantitative estimate of drug-likeness (QED) is 0.823. The van der Waals surface area contributed by atoms with Gasteiger partial charge in [-0.15, -0.1) is 0 Å². The lowest BCUT2D eigenvalue weighted by Crippen LogP contribution is -2.42. The van der Waals surface area contributed by atoms with Gasteiger partial charge in [0.05, 0.1) is 5.60 Å². The van der Waals surface area contributed by atoms with E-state index in [4.69, 9.17) is 5.73 Å². The molecule has 0 aromatic heterocycles. The molecule has 2 atom stereocenters. The van der Waals surface area contributed by atoms with Gasteiger partial charge in [0, 0.05) is 19.6 Å². The molecule has 3 N–H and O–H groups in total. The monoisotopic (exact) mass is 234 g/mol. The van der Waals surface area contributed by atoms with Crippen LogP contribution >= 0.6 is 0 Å². The lowest BCUT2D eigenvalue weighted by molar-refractivity contribution is 0.000703. The van der Waals surface area contributed by atoms with Crippen molar-refractivity contribution in [3.05, 3.63) is 35.9 Å². The van der Waals surface area contributed by atoms with E-state index in [-0.39, 0.29) is 5.92 Å². The van der Waals surface area contributed by atoms with Gasteiger partial charge in [0.1, 0.15) is 0 Å². The smallest absolute Gasteiger partial charge is 0.0823 e. The van der Waals surface area contributed by atoms with Crippen LogP contribution in [0.15, 0.2) is 30.3 Å². The Balaban J connectivity index is 1.94. The summed E-state index contributed by atoms with van der Waals surface area (Å²) in [4.78, 5) is 2.31. The van der Waals surface area contributed by atoms with Crippen molar-refractivity contribution in [2.45, 2.75) is 25.5 Å². The van der Waals surface area contributed by atoms with Crippen molar-refractivity contribution in [1.29, 1.82) is 0 Å². The highest BCUT2D eigenvalue weighted by atomic mass is 16.3. The third-order valence-electron chi connectivity index (χ3n) is 3.88. The minimum absolute atomic E-state index is 0.170. The molecular formula is C14H22N2O. The summed E-state index contributed by atoms with van der Waals surface area (Å²) in [5.74, 6) is 0.170. The molecule has 1 aliphatic rings. The van der Waals surface area contributed by atoms with E-state index in [1.165, 1.54) is 5.56 Å². The highest BCUT2D eigenvalue weighted by molar-refractivity contribution is 5.15. The van der Waals surface area contributed by atoms with Crippen LogP contribution < -0.4 is 5.73 Å². The van der Waals surface area contributed by atoms with E-state index in [1.54, 1.807) is 0 Å². The zero-order chi connectivity index (χ0) is 12.3. The summed E-state index contributed by atoms with van der Waals surface area (Å²) in [5, 5.41) is 10.5. The largest absolute Gasteiger partial charge is 0.388 e. The van der Waals surface area contributed by atoms with E-state index < -0.39 is 5.60 Å². The van der Waals surface area contributed by atoms with Crippen LogP contribution in [0.4, 0.5) is 0 Å². The van der Waals surface area contributed by atoms with Gasteiger partial charge in [0.15, 0.2) is 0 Å². The first-order valence-electron chi connectivity index (χ1n) is 6.33. The molecule has 2 rings (SSSR count). The van der Waals surface area contributed by atoms with Crippen LogP contribution in [0, 0.1) is 5.92 Å². The normalized spacial score (nSPS) is 27.2. The zero-order valence-corrected chi connectivity index (χ0v) is 10.5. The van der Waals surface area contributed by atoms with E-state index >= 15 is 0 Å². The molecular weight excluding hydrogens is 212 g/mol. The third-order valence-corrected chi connectivity index (χ3v) is 3.88. The SMILES string of the molecule is CC(CN)C1(O)CCN(Cc2ccccc2)C1. The van der Waals surface area contributed by atoms with Crippen LogP contribution in [0.1, 0.15) is 18.9 Å². The highest BCUT2D eigenvalue weighted by Gasteiger charge is 2.39. The van der Waals surface area contributed by atoms with E-state index in [1.807, 2.05) is 13.0 Å². The summed E-state index contributed by atoms with van der Waals surface area (Å²) < 4.78 is 0. The van der Waals surface area contributed by atoms with E-state index in [2.05, 4.69) is 29.2 Å². The summed E-state index contributed by atoms with van der Waals surface area (Å²) in [6.07, 6.45) is 0.832. The van der Waals surface area contributed by atoms with Crippen molar-refractivity contribution in [3.8, 4) is 0 Å². The maximum absolute atomic E-state index is 10.5. The molecule has 1 aliphatic heterocycles. The first-order chi connectivity index (χ1) is 8.14. The number of hydrogen-bond acceptors (Lipinski definition) is 3. The fourth-order valence-electron chi connectivity index (χ4n) is 2.50. The standard InChI is InChI=1S/C14H22N2O/c1-12(9-15)14(17)7-8-16(11-14)10-13-5-3-2-4-6-13/h2-6,12,17H,7-11,15H2,1H3. The van der Waals surface area contributed by atoms with Gasteiger partial charge in [-0.3, -0.25) is 4.90 Å². The number of nitrogens with two attached hydrogens (primary N) is 1. The molecule has 1 aromatic rings. The van der Waals surface area contributed by atoms with Crippen LogP contribution in [-0.4, -0.2) is 35.2 Å². The number of aliphatic hydroxyl groups is 1. The van der Waals surface area contributed by atoms with Crippen LogP contribution in [-0.2, 0) is 6.54 Å². The molecule has 3 heteroatoms. The lowest BCUT2D eigenvalue weighted by Gasteiger charge is -2.29. The molecule has 0 aliphatic carbocycles. The predicted octanol–water partition coefficient (Wildman–Crippen LogP) is 1.22. The fraction of sp³-hybridized carbons (Fsp3) is 0.571. The molecule has 3 nitrogen and oxygen atoms in total. The summed E-state index contributed by atoms with van der Waals surface area (Å²) in [6, 6.07) is 10.4. The van der Waals surface area contributed by atoms with Gasteiger partial charge in [-0.25, -0.2) is 0 Å². The van der Waals surface area contributed by atoms with E-state index in [0.717, 1.165) is 26.1 Å². The van der Waals surface area contributed by atoms with Crippen LogP contribution in [0.5, 0.6) is 0 Å². The Morgan fingerprint density at radius 3 is 2.76 bits per heavy atom. The van der Waals surface area contributed by atoms with Crippen molar-refractivity contribution >= 4 is 0 Å². The minimum Gasteiger partial charge on any atom is -0.388 e. The maximum Gasteiger partial charge on any atom is 0.0823 e. The van der Waals surface area contributed by atoms with Gasteiger partial charge >= 0.3 is 0 Å². The number of likely N-dealkylation sites (tertiary alicyclic amines) is 1. The van der Waals surface area contributed by atoms with Crippen LogP contribution in [0.2, 0.25) is 0 Å². The second-order valence-electron chi connectivity index (χ2n) is 5.19. The van der Waals surface area contributed by atoms with Crippen molar-refractivity contribution < 1.29 is 5.11 Å². The molecule has 17 heavy (non-hydrogen) atoms. The first-order valence-corrected chi connectivity index (χ1v) is 6.33. The molecule has 0 saturated carbocycles. The van der Waals surface area contributed by atoms with E-state index in [9.17, 15) is 5.11 Å². The Kier molecular flexibility index (Phi) is 3.82. The Hall–Kier alpha value is -0.900. The van der Waals surface area contributed by atoms with Crippen molar-refractivity contribution in [1.82, 2.24) is 4.90 Å². The van der Waals surface area contributed by atoms with Gasteiger partial charge in [-0.2, -0.15) is 0 Å². The molecule has 0 bridgehead atoms. The molecule has 1 aromatic carbocycles. The average Bonchev–Trinajstić information content (AvgIpc) is 2.72. The molecule has 0 spiro atoms. The topological polar surface area (TPSA) is 49.5 Å². The van der Waals surface area contributed by atoms with Crippen LogP contribution in [0.3, 0.4) is 0 Å². The fourth-order valence-corrected chi connectivity index (χ4v) is 2.50. The number of hydrogen-bond donors (Lipinski definition) is 2. The average molecular weight is 234 g/mol.